The van der Waals surface area contributed by atoms with Gasteiger partial charge in [0, 0.05) is 12.5 Å². The molecule has 0 spiro atoms. The van der Waals surface area contributed by atoms with E-state index in [1.54, 1.807) is 50.3 Å². The minimum atomic E-state index is -3.64. The van der Waals surface area contributed by atoms with E-state index < -0.39 is 16.1 Å². The van der Waals surface area contributed by atoms with Crippen molar-refractivity contribution in [3.63, 3.8) is 0 Å². The molecule has 2 rings (SSSR count). The Labute approximate surface area is 219 Å². The van der Waals surface area contributed by atoms with Crippen LogP contribution in [0.1, 0.15) is 44.7 Å². The van der Waals surface area contributed by atoms with Gasteiger partial charge in [-0.1, -0.05) is 25.5 Å². The number of ether oxygens (including phenoxy) is 5. The first-order chi connectivity index (χ1) is 17.7. The van der Waals surface area contributed by atoms with E-state index in [1.165, 1.54) is 13.2 Å². The number of unbranched alkanes of at least 4 members (excludes halogenated alkanes) is 1. The minimum Gasteiger partial charge on any atom is -0.496 e. The number of esters is 1. The Morgan fingerprint density at radius 3 is 2.27 bits per heavy atom. The normalized spacial score (nSPS) is 11.5. The summed E-state index contributed by atoms with van der Waals surface area (Å²) in [5.74, 6) is 1.36. The zero-order chi connectivity index (χ0) is 27.3. The molecule has 0 aromatic heterocycles. The van der Waals surface area contributed by atoms with Gasteiger partial charge in [-0.2, -0.15) is 8.42 Å². The Balaban J connectivity index is 2.20. The Morgan fingerprint density at radius 1 is 0.892 bits per heavy atom. The van der Waals surface area contributed by atoms with Gasteiger partial charge < -0.3 is 27.9 Å². The van der Waals surface area contributed by atoms with Gasteiger partial charge in [0.05, 0.1) is 39.8 Å². The summed E-state index contributed by atoms with van der Waals surface area (Å²) in [6.07, 6.45) is 4.95. The molecule has 10 heteroatoms. The molecule has 0 fully saturated rings. The Kier molecular flexibility index (Phi) is 12.1. The topological polar surface area (TPSA) is 107 Å². The van der Waals surface area contributed by atoms with Crippen molar-refractivity contribution in [1.29, 1.82) is 0 Å². The standard InChI is InChI=1S/C27H36O9S/c1-6-9-15-34-25-17-20(18-26(32-7-2)27(28)33-8-3)10-13-23(25)35-16-14-21-11-12-22(19-24(21)31-4)36-37(5,29)30/h10-13,17-19H,6-9,14-16H2,1-5H3/b26-18-. The molecule has 0 heterocycles. The summed E-state index contributed by atoms with van der Waals surface area (Å²) in [4.78, 5) is 12.2. The molecule has 0 N–H and O–H groups in total. The lowest BCUT2D eigenvalue weighted by molar-refractivity contribution is -0.142. The Bertz CT molecular complexity index is 1160. The lowest BCUT2D eigenvalue weighted by Crippen LogP contribution is -2.10. The van der Waals surface area contributed by atoms with Crippen LogP contribution in [0.2, 0.25) is 0 Å². The predicted octanol–water partition coefficient (Wildman–Crippen LogP) is 4.77. The summed E-state index contributed by atoms with van der Waals surface area (Å²) >= 11 is 0. The third-order valence-corrected chi connectivity index (χ3v) is 5.43. The maximum absolute atomic E-state index is 12.2. The number of hydrogen-bond acceptors (Lipinski definition) is 9. The van der Waals surface area contributed by atoms with Crippen LogP contribution in [0.3, 0.4) is 0 Å². The van der Waals surface area contributed by atoms with E-state index in [4.69, 9.17) is 27.9 Å². The van der Waals surface area contributed by atoms with E-state index in [0.717, 1.165) is 24.7 Å². The van der Waals surface area contributed by atoms with E-state index in [1.807, 2.05) is 0 Å². The van der Waals surface area contributed by atoms with Crippen molar-refractivity contribution in [2.45, 2.75) is 40.0 Å². The van der Waals surface area contributed by atoms with Gasteiger partial charge in [-0.15, -0.1) is 0 Å². The molecular weight excluding hydrogens is 500 g/mol. The fourth-order valence-electron chi connectivity index (χ4n) is 3.27. The second-order valence-corrected chi connectivity index (χ2v) is 9.50. The maximum Gasteiger partial charge on any atom is 0.373 e. The number of carbonyl (C=O) groups excluding carboxylic acids is 1. The summed E-state index contributed by atoms with van der Waals surface area (Å²) in [7, 11) is -2.13. The molecule has 0 unspecified atom stereocenters. The van der Waals surface area contributed by atoms with Gasteiger partial charge in [0.25, 0.3) is 0 Å². The van der Waals surface area contributed by atoms with Crippen molar-refractivity contribution >= 4 is 22.2 Å². The van der Waals surface area contributed by atoms with Gasteiger partial charge in [-0.25, -0.2) is 4.79 Å². The summed E-state index contributed by atoms with van der Waals surface area (Å²) in [6.45, 7) is 7.02. The second-order valence-electron chi connectivity index (χ2n) is 7.93. The molecule has 0 bridgehead atoms. The van der Waals surface area contributed by atoms with Crippen LogP contribution in [0.15, 0.2) is 42.2 Å². The average molecular weight is 537 g/mol. The van der Waals surface area contributed by atoms with E-state index in [2.05, 4.69) is 6.92 Å². The summed E-state index contributed by atoms with van der Waals surface area (Å²) in [6, 6.07) is 10.2. The number of hydrogen-bond donors (Lipinski definition) is 0. The molecular formula is C27H36O9S. The molecule has 9 nitrogen and oxygen atoms in total. The number of methoxy groups -OCH3 is 1. The lowest BCUT2D eigenvalue weighted by atomic mass is 10.1. The van der Waals surface area contributed by atoms with E-state index >= 15 is 0 Å². The highest BCUT2D eigenvalue weighted by Gasteiger charge is 2.14. The van der Waals surface area contributed by atoms with Gasteiger partial charge in [0.15, 0.2) is 11.5 Å². The zero-order valence-electron chi connectivity index (χ0n) is 22.1. The first-order valence-electron chi connectivity index (χ1n) is 12.2. The molecule has 0 radical (unpaired) electrons. The van der Waals surface area contributed by atoms with Crippen molar-refractivity contribution < 1.29 is 41.1 Å². The van der Waals surface area contributed by atoms with Gasteiger partial charge in [-0.05, 0) is 55.7 Å². The second kappa shape index (κ2) is 15.0. The molecule has 204 valence electrons. The van der Waals surface area contributed by atoms with Crippen molar-refractivity contribution in [2.24, 2.45) is 0 Å². The SMILES string of the molecule is CCCCOc1cc(/C=C(\OCC)C(=O)OCC)ccc1OCCc1ccc(OS(C)(=O)=O)cc1OC. The first kappa shape index (κ1) is 29.8. The van der Waals surface area contributed by atoms with Crippen LogP contribution in [-0.4, -0.2) is 54.2 Å². The van der Waals surface area contributed by atoms with Crippen LogP contribution in [0.25, 0.3) is 6.08 Å². The summed E-state index contributed by atoms with van der Waals surface area (Å²) < 4.78 is 55.6. The van der Waals surface area contributed by atoms with E-state index in [9.17, 15) is 13.2 Å². The molecule has 0 amide bonds. The quantitative estimate of drug-likeness (QED) is 0.0985. The number of carbonyl (C=O) groups is 1. The van der Waals surface area contributed by atoms with Crippen LogP contribution < -0.4 is 18.4 Å². The summed E-state index contributed by atoms with van der Waals surface area (Å²) in [5, 5.41) is 0. The third kappa shape index (κ3) is 10.2. The molecule has 0 saturated heterocycles. The largest absolute Gasteiger partial charge is 0.496 e. The van der Waals surface area contributed by atoms with Gasteiger partial charge in [-0.3, -0.25) is 0 Å². The van der Waals surface area contributed by atoms with Crippen LogP contribution >= 0.6 is 0 Å². The fourth-order valence-corrected chi connectivity index (χ4v) is 3.72. The Morgan fingerprint density at radius 2 is 1.62 bits per heavy atom. The van der Waals surface area contributed by atoms with Crippen LogP contribution in [0, 0.1) is 0 Å². The first-order valence-corrected chi connectivity index (χ1v) is 14.0. The highest BCUT2D eigenvalue weighted by molar-refractivity contribution is 7.86. The molecule has 37 heavy (non-hydrogen) atoms. The van der Waals surface area contributed by atoms with Crippen molar-refractivity contribution in [3.05, 3.63) is 53.3 Å². The van der Waals surface area contributed by atoms with Crippen molar-refractivity contribution in [2.75, 3.05) is 39.8 Å². The lowest BCUT2D eigenvalue weighted by Gasteiger charge is -2.15. The molecule has 0 aliphatic rings. The highest BCUT2D eigenvalue weighted by Crippen LogP contribution is 2.31. The molecule has 2 aromatic rings. The highest BCUT2D eigenvalue weighted by atomic mass is 32.2. The molecule has 0 aliphatic heterocycles. The maximum atomic E-state index is 12.2. The van der Waals surface area contributed by atoms with E-state index in [0.29, 0.717) is 49.1 Å². The number of benzene rings is 2. The fraction of sp³-hybridized carbons (Fsp3) is 0.444. The average Bonchev–Trinajstić information content (AvgIpc) is 2.85. The van der Waals surface area contributed by atoms with Gasteiger partial charge >= 0.3 is 16.1 Å². The smallest absolute Gasteiger partial charge is 0.373 e. The van der Waals surface area contributed by atoms with Crippen molar-refractivity contribution in [1.82, 2.24) is 0 Å². The van der Waals surface area contributed by atoms with Crippen LogP contribution in [-0.2, 0) is 30.8 Å². The molecule has 0 aliphatic carbocycles. The van der Waals surface area contributed by atoms with Crippen LogP contribution in [0.4, 0.5) is 0 Å². The Hall–Kier alpha value is -3.40. The number of rotatable bonds is 16. The van der Waals surface area contributed by atoms with Gasteiger partial charge in [0.1, 0.15) is 11.5 Å². The third-order valence-electron chi connectivity index (χ3n) is 4.93. The molecule has 0 saturated carbocycles. The molecule has 0 atom stereocenters. The minimum absolute atomic E-state index is 0.118. The predicted molar refractivity (Wildman–Crippen MR) is 141 cm³/mol. The van der Waals surface area contributed by atoms with Crippen molar-refractivity contribution in [3.8, 4) is 23.0 Å². The van der Waals surface area contributed by atoms with E-state index in [-0.39, 0.29) is 18.1 Å². The van der Waals surface area contributed by atoms with Crippen LogP contribution in [0.5, 0.6) is 23.0 Å². The zero-order valence-corrected chi connectivity index (χ0v) is 22.9. The monoisotopic (exact) mass is 536 g/mol. The van der Waals surface area contributed by atoms with Gasteiger partial charge in [0.2, 0.25) is 5.76 Å². The summed E-state index contributed by atoms with van der Waals surface area (Å²) in [5.41, 5.74) is 1.53. The molecule has 2 aromatic carbocycles.